The molecule has 0 heterocycles. The number of nitrogen functional groups attached to an aromatic ring is 1. The molecule has 0 saturated heterocycles. The zero-order valence-corrected chi connectivity index (χ0v) is 11.0. The van der Waals surface area contributed by atoms with Crippen molar-refractivity contribution in [2.75, 3.05) is 17.7 Å². The SMILES string of the molecule is CN(C(=O)c1ccc(N)c(Cl)c1)c1cccc(F)c1. The zero-order valence-electron chi connectivity index (χ0n) is 10.2. The molecule has 1 amide bonds. The minimum Gasteiger partial charge on any atom is -0.398 e. The molecule has 0 saturated carbocycles. The van der Waals surface area contributed by atoms with Crippen molar-refractivity contribution in [2.24, 2.45) is 0 Å². The van der Waals surface area contributed by atoms with Gasteiger partial charge in [-0.3, -0.25) is 4.79 Å². The second-order valence-electron chi connectivity index (χ2n) is 4.08. The molecule has 2 rings (SSSR count). The highest BCUT2D eigenvalue weighted by atomic mass is 35.5. The number of nitrogens with zero attached hydrogens (tertiary/aromatic N) is 1. The highest BCUT2D eigenvalue weighted by Gasteiger charge is 2.14. The molecule has 0 aliphatic rings. The number of hydrogen-bond acceptors (Lipinski definition) is 2. The van der Waals surface area contributed by atoms with Gasteiger partial charge in [0, 0.05) is 18.3 Å². The number of anilines is 2. The predicted molar refractivity (Wildman–Crippen MR) is 75.0 cm³/mol. The maximum absolute atomic E-state index is 13.1. The van der Waals surface area contributed by atoms with Crippen molar-refractivity contribution >= 4 is 28.9 Å². The lowest BCUT2D eigenvalue weighted by Crippen LogP contribution is -2.26. The van der Waals surface area contributed by atoms with E-state index in [1.165, 1.54) is 23.1 Å². The first-order chi connectivity index (χ1) is 8.99. The summed E-state index contributed by atoms with van der Waals surface area (Å²) >= 11 is 5.88. The van der Waals surface area contributed by atoms with E-state index in [4.69, 9.17) is 17.3 Å². The van der Waals surface area contributed by atoms with Crippen LogP contribution in [0.2, 0.25) is 5.02 Å². The lowest BCUT2D eigenvalue weighted by Gasteiger charge is -2.17. The van der Waals surface area contributed by atoms with E-state index < -0.39 is 5.82 Å². The highest BCUT2D eigenvalue weighted by Crippen LogP contribution is 2.22. The van der Waals surface area contributed by atoms with E-state index in [2.05, 4.69) is 0 Å². The number of benzene rings is 2. The molecule has 19 heavy (non-hydrogen) atoms. The summed E-state index contributed by atoms with van der Waals surface area (Å²) in [4.78, 5) is 13.6. The number of carbonyl (C=O) groups is 1. The summed E-state index contributed by atoms with van der Waals surface area (Å²) < 4.78 is 13.1. The van der Waals surface area contributed by atoms with E-state index in [-0.39, 0.29) is 5.91 Å². The third-order valence-corrected chi connectivity index (χ3v) is 3.07. The molecule has 5 heteroatoms. The molecule has 0 aliphatic carbocycles. The molecule has 0 aromatic heterocycles. The van der Waals surface area contributed by atoms with Gasteiger partial charge in [-0.2, -0.15) is 0 Å². The Balaban J connectivity index is 2.30. The van der Waals surface area contributed by atoms with Crippen molar-refractivity contribution in [3.63, 3.8) is 0 Å². The molecule has 0 aliphatic heterocycles. The van der Waals surface area contributed by atoms with Crippen LogP contribution in [0, 0.1) is 5.82 Å². The summed E-state index contributed by atoms with van der Waals surface area (Å²) in [6.45, 7) is 0. The minimum atomic E-state index is -0.396. The van der Waals surface area contributed by atoms with Gasteiger partial charge in [0.25, 0.3) is 5.91 Å². The van der Waals surface area contributed by atoms with Crippen molar-refractivity contribution < 1.29 is 9.18 Å². The van der Waals surface area contributed by atoms with Crippen molar-refractivity contribution in [2.45, 2.75) is 0 Å². The number of rotatable bonds is 2. The van der Waals surface area contributed by atoms with Crippen LogP contribution in [0.3, 0.4) is 0 Å². The molecular weight excluding hydrogens is 267 g/mol. The quantitative estimate of drug-likeness (QED) is 0.857. The zero-order chi connectivity index (χ0) is 14.0. The van der Waals surface area contributed by atoms with E-state index in [1.54, 1.807) is 31.3 Å². The number of hydrogen-bond donors (Lipinski definition) is 1. The Morgan fingerprint density at radius 3 is 2.63 bits per heavy atom. The van der Waals surface area contributed by atoms with E-state index in [9.17, 15) is 9.18 Å². The Kier molecular flexibility index (Phi) is 3.71. The van der Waals surface area contributed by atoms with Gasteiger partial charge in [0.2, 0.25) is 0 Å². The van der Waals surface area contributed by atoms with Gasteiger partial charge in [-0.15, -0.1) is 0 Å². The molecular formula is C14H12ClFN2O. The van der Waals surface area contributed by atoms with E-state index in [0.717, 1.165) is 0 Å². The molecule has 0 fully saturated rings. The van der Waals surface area contributed by atoms with Crippen LogP contribution in [0.5, 0.6) is 0 Å². The molecule has 0 unspecified atom stereocenters. The maximum Gasteiger partial charge on any atom is 0.258 e. The molecule has 98 valence electrons. The molecule has 2 aromatic rings. The van der Waals surface area contributed by atoms with Gasteiger partial charge in [-0.05, 0) is 36.4 Å². The van der Waals surface area contributed by atoms with Crippen LogP contribution in [-0.2, 0) is 0 Å². The Labute approximate surface area is 115 Å². The van der Waals surface area contributed by atoms with Crippen LogP contribution in [0.25, 0.3) is 0 Å². The predicted octanol–water partition coefficient (Wildman–Crippen LogP) is 3.34. The van der Waals surface area contributed by atoms with Gasteiger partial charge in [0.1, 0.15) is 5.82 Å². The van der Waals surface area contributed by atoms with Crippen LogP contribution in [0.15, 0.2) is 42.5 Å². The van der Waals surface area contributed by atoms with Crippen LogP contribution >= 0.6 is 11.6 Å². The van der Waals surface area contributed by atoms with E-state index >= 15 is 0 Å². The van der Waals surface area contributed by atoms with Gasteiger partial charge < -0.3 is 10.6 Å². The van der Waals surface area contributed by atoms with Gasteiger partial charge in [0.15, 0.2) is 0 Å². The lowest BCUT2D eigenvalue weighted by molar-refractivity contribution is 0.0993. The molecule has 0 atom stereocenters. The lowest BCUT2D eigenvalue weighted by atomic mass is 10.1. The Morgan fingerprint density at radius 1 is 1.26 bits per heavy atom. The molecule has 3 nitrogen and oxygen atoms in total. The second-order valence-corrected chi connectivity index (χ2v) is 4.49. The molecule has 0 radical (unpaired) electrons. The molecule has 2 N–H and O–H groups in total. The normalized spacial score (nSPS) is 10.3. The number of amides is 1. The summed E-state index contributed by atoms with van der Waals surface area (Å²) in [6.07, 6.45) is 0. The molecule has 0 spiro atoms. The average Bonchev–Trinajstić information content (AvgIpc) is 2.40. The fourth-order valence-electron chi connectivity index (χ4n) is 1.66. The number of carbonyl (C=O) groups excluding carboxylic acids is 1. The Morgan fingerprint density at radius 2 is 2.00 bits per heavy atom. The average molecular weight is 279 g/mol. The first-order valence-electron chi connectivity index (χ1n) is 5.57. The van der Waals surface area contributed by atoms with Crippen molar-refractivity contribution in [3.8, 4) is 0 Å². The van der Waals surface area contributed by atoms with Crippen molar-refractivity contribution in [1.82, 2.24) is 0 Å². The largest absolute Gasteiger partial charge is 0.398 e. The molecule has 2 aromatic carbocycles. The van der Waals surface area contributed by atoms with Crippen molar-refractivity contribution in [1.29, 1.82) is 0 Å². The smallest absolute Gasteiger partial charge is 0.258 e. The Hall–Kier alpha value is -2.07. The summed E-state index contributed by atoms with van der Waals surface area (Å²) in [5.74, 6) is -0.681. The van der Waals surface area contributed by atoms with E-state index in [0.29, 0.717) is 22.0 Å². The van der Waals surface area contributed by atoms with Gasteiger partial charge in [-0.25, -0.2) is 4.39 Å². The van der Waals surface area contributed by atoms with Crippen LogP contribution in [0.4, 0.5) is 15.8 Å². The molecule has 0 bridgehead atoms. The minimum absolute atomic E-state index is 0.285. The standard InChI is InChI=1S/C14H12ClFN2O/c1-18(11-4-2-3-10(16)8-11)14(19)9-5-6-13(17)12(15)7-9/h2-8H,17H2,1H3. The van der Waals surface area contributed by atoms with E-state index in [1.807, 2.05) is 0 Å². The third kappa shape index (κ3) is 2.85. The van der Waals surface area contributed by atoms with Gasteiger partial charge in [0.05, 0.1) is 10.7 Å². The van der Waals surface area contributed by atoms with Crippen LogP contribution in [-0.4, -0.2) is 13.0 Å². The second kappa shape index (κ2) is 5.28. The van der Waals surface area contributed by atoms with Gasteiger partial charge >= 0.3 is 0 Å². The summed E-state index contributed by atoms with van der Waals surface area (Å²) in [5, 5.41) is 0.318. The Bertz CT molecular complexity index is 631. The van der Waals surface area contributed by atoms with Crippen LogP contribution in [0.1, 0.15) is 10.4 Å². The summed E-state index contributed by atoms with van der Waals surface area (Å²) in [7, 11) is 1.57. The number of halogens is 2. The first kappa shape index (κ1) is 13.4. The fourth-order valence-corrected chi connectivity index (χ4v) is 1.84. The summed E-state index contributed by atoms with van der Waals surface area (Å²) in [5.41, 5.74) is 6.86. The van der Waals surface area contributed by atoms with Crippen LogP contribution < -0.4 is 10.6 Å². The maximum atomic E-state index is 13.1. The third-order valence-electron chi connectivity index (χ3n) is 2.75. The topological polar surface area (TPSA) is 46.3 Å². The van der Waals surface area contributed by atoms with Gasteiger partial charge in [-0.1, -0.05) is 17.7 Å². The fraction of sp³-hybridized carbons (Fsp3) is 0.0714. The van der Waals surface area contributed by atoms with Crippen molar-refractivity contribution in [3.05, 3.63) is 58.9 Å². The highest BCUT2D eigenvalue weighted by molar-refractivity contribution is 6.33. The first-order valence-corrected chi connectivity index (χ1v) is 5.95. The number of nitrogens with two attached hydrogens (primary N) is 1. The summed E-state index contributed by atoms with van der Waals surface area (Å²) in [6, 6.07) is 10.5. The monoisotopic (exact) mass is 278 g/mol.